The summed E-state index contributed by atoms with van der Waals surface area (Å²) in [5.74, 6) is -2.55. The Labute approximate surface area is 325 Å². The van der Waals surface area contributed by atoms with Crippen molar-refractivity contribution in [3.8, 4) is 0 Å². The molecular weight excluding hydrogens is 760 g/mol. The molecule has 1 aliphatic heterocycles. The fraction of sp³-hybridized carbons (Fsp3) is 0.487. The van der Waals surface area contributed by atoms with Crippen LogP contribution in [-0.2, 0) is 35.1 Å². The van der Waals surface area contributed by atoms with E-state index >= 15 is 0 Å². The van der Waals surface area contributed by atoms with Gasteiger partial charge in [-0.05, 0) is 75.8 Å². The number of hydrogen-bond acceptors (Lipinski definition) is 8. The van der Waals surface area contributed by atoms with Gasteiger partial charge in [0.05, 0.1) is 24.6 Å². The Hall–Kier alpha value is -4.76. The zero-order valence-corrected chi connectivity index (χ0v) is 32.6. The van der Waals surface area contributed by atoms with Gasteiger partial charge >= 0.3 is 18.0 Å². The Kier molecular flexibility index (Phi) is 18.7. The molecule has 5 amide bonds. The minimum atomic E-state index is -1.02. The number of carbonyl (C=O) groups is 6. The highest BCUT2D eigenvalue weighted by atomic mass is 79.9. The van der Waals surface area contributed by atoms with Crippen molar-refractivity contribution in [3.05, 3.63) is 81.5 Å². The summed E-state index contributed by atoms with van der Waals surface area (Å²) in [5.41, 5.74) is 8.18. The van der Waals surface area contributed by atoms with Crippen LogP contribution in [0.1, 0.15) is 88.8 Å². The Morgan fingerprint density at radius 1 is 0.907 bits per heavy atom. The molecule has 2 aromatic rings. The van der Waals surface area contributed by atoms with E-state index in [4.69, 9.17) is 15.6 Å². The lowest BCUT2D eigenvalue weighted by Gasteiger charge is -2.35. The van der Waals surface area contributed by atoms with Crippen LogP contribution in [0.5, 0.6) is 0 Å². The minimum absolute atomic E-state index is 0.0113. The van der Waals surface area contributed by atoms with Gasteiger partial charge in [-0.3, -0.25) is 24.1 Å². The third kappa shape index (κ3) is 14.9. The molecule has 1 unspecified atom stereocenters. The molecule has 2 aromatic carbocycles. The van der Waals surface area contributed by atoms with Gasteiger partial charge in [-0.2, -0.15) is 0 Å². The third-order valence-electron chi connectivity index (χ3n) is 8.97. The van der Waals surface area contributed by atoms with Crippen LogP contribution in [0.15, 0.2) is 70.3 Å². The Morgan fingerprint density at radius 2 is 1.57 bits per heavy atom. The van der Waals surface area contributed by atoms with Crippen LogP contribution < -0.4 is 27.0 Å². The number of unbranched alkanes of at least 4 members (excludes halogenated alkanes) is 1. The van der Waals surface area contributed by atoms with Crippen molar-refractivity contribution in [1.29, 1.82) is 0 Å². The summed E-state index contributed by atoms with van der Waals surface area (Å²) >= 11 is 3.41. The van der Waals surface area contributed by atoms with Gasteiger partial charge in [0.1, 0.15) is 0 Å². The first-order valence-corrected chi connectivity index (χ1v) is 19.2. The standard InChI is InChI=1S/C39H53BrN6O8/c1-3-54-38(52)36-26(2)46(39(53)45-37(36)28-15-17-29(40)18-16-28)23-9-13-32(47)43-31(19-14-27-10-5-4-6-11-27)25-34(49)44-30(12-7-8-21-41)24-33(48)42-22-20-35(50)51/h4-6,10-11,15-18,30-31,37H,3,7-9,12-14,19-25,41H2,1-2H3,(H,42,48)(H,43,47)(H,44,49)(H,45,53)(H,50,51)/t30-,31-,37?/m0/s1. The van der Waals surface area contributed by atoms with Crippen LogP contribution in [0.4, 0.5) is 4.79 Å². The first-order chi connectivity index (χ1) is 25.9. The van der Waals surface area contributed by atoms with Gasteiger partial charge in [0, 0.05) is 54.6 Å². The molecule has 0 saturated carbocycles. The summed E-state index contributed by atoms with van der Waals surface area (Å²) in [5, 5.41) is 20.3. The molecule has 0 saturated heterocycles. The number of aliphatic carboxylic acids is 1. The Balaban J connectivity index is 1.67. The molecule has 15 heteroatoms. The normalized spacial score (nSPS) is 15.1. The zero-order chi connectivity index (χ0) is 39.5. The number of benzene rings is 2. The predicted molar refractivity (Wildman–Crippen MR) is 207 cm³/mol. The van der Waals surface area contributed by atoms with E-state index < -0.39 is 36.1 Å². The summed E-state index contributed by atoms with van der Waals surface area (Å²) in [4.78, 5) is 77.9. The highest BCUT2D eigenvalue weighted by Crippen LogP contribution is 2.32. The summed E-state index contributed by atoms with van der Waals surface area (Å²) in [6, 6.07) is 14.9. The van der Waals surface area contributed by atoms with Gasteiger partial charge in [0.25, 0.3) is 0 Å². The van der Waals surface area contributed by atoms with Crippen LogP contribution in [0.25, 0.3) is 0 Å². The number of amides is 5. The molecule has 54 heavy (non-hydrogen) atoms. The van der Waals surface area contributed by atoms with E-state index in [-0.39, 0.29) is 69.5 Å². The van der Waals surface area contributed by atoms with E-state index in [1.807, 2.05) is 54.6 Å². The number of hydrogen-bond donors (Lipinski definition) is 6. The smallest absolute Gasteiger partial charge is 0.338 e. The molecule has 0 radical (unpaired) electrons. The van der Waals surface area contributed by atoms with Crippen molar-refractivity contribution in [2.24, 2.45) is 5.73 Å². The maximum absolute atomic E-state index is 13.4. The number of ether oxygens (including phenoxy) is 1. The molecule has 0 spiro atoms. The number of nitrogens with zero attached hydrogens (tertiary/aromatic N) is 1. The van der Waals surface area contributed by atoms with Gasteiger partial charge in [-0.1, -0.05) is 64.8 Å². The molecule has 0 aliphatic carbocycles. The van der Waals surface area contributed by atoms with Crippen molar-refractivity contribution in [2.75, 3.05) is 26.2 Å². The predicted octanol–water partition coefficient (Wildman–Crippen LogP) is 4.24. The van der Waals surface area contributed by atoms with Crippen molar-refractivity contribution in [2.45, 2.75) is 96.2 Å². The van der Waals surface area contributed by atoms with Crippen molar-refractivity contribution < 1.29 is 38.6 Å². The summed E-state index contributed by atoms with van der Waals surface area (Å²) < 4.78 is 6.20. The fourth-order valence-electron chi connectivity index (χ4n) is 6.21. The first kappa shape index (κ1) is 43.6. The van der Waals surface area contributed by atoms with Gasteiger partial charge < -0.3 is 36.8 Å². The van der Waals surface area contributed by atoms with E-state index in [0.717, 1.165) is 15.6 Å². The Bertz CT molecular complexity index is 1600. The number of esters is 1. The number of rotatable bonds is 23. The van der Waals surface area contributed by atoms with E-state index in [9.17, 15) is 28.8 Å². The monoisotopic (exact) mass is 812 g/mol. The van der Waals surface area contributed by atoms with Crippen LogP contribution in [-0.4, -0.2) is 84.0 Å². The molecule has 0 bridgehead atoms. The van der Waals surface area contributed by atoms with E-state index in [0.29, 0.717) is 49.9 Å². The first-order valence-electron chi connectivity index (χ1n) is 18.4. The van der Waals surface area contributed by atoms with Crippen molar-refractivity contribution in [3.63, 3.8) is 0 Å². The van der Waals surface area contributed by atoms with Gasteiger partial charge in [-0.25, -0.2) is 9.59 Å². The maximum atomic E-state index is 13.4. The quantitative estimate of drug-likeness (QED) is 0.0700. The van der Waals surface area contributed by atoms with Crippen molar-refractivity contribution >= 4 is 51.6 Å². The molecule has 0 fully saturated rings. The Morgan fingerprint density at radius 3 is 2.24 bits per heavy atom. The topological polar surface area (TPSA) is 209 Å². The van der Waals surface area contributed by atoms with Crippen LogP contribution in [0.3, 0.4) is 0 Å². The number of urea groups is 1. The zero-order valence-electron chi connectivity index (χ0n) is 31.0. The van der Waals surface area contributed by atoms with Gasteiger partial charge in [0.15, 0.2) is 0 Å². The number of nitrogens with two attached hydrogens (primary N) is 1. The molecule has 7 N–H and O–H groups in total. The van der Waals surface area contributed by atoms with Crippen LogP contribution in [0, 0.1) is 0 Å². The van der Waals surface area contributed by atoms with E-state index in [2.05, 4.69) is 37.2 Å². The lowest BCUT2D eigenvalue weighted by molar-refractivity contribution is -0.139. The number of carboxylic acid groups (broad SMARTS) is 1. The van der Waals surface area contributed by atoms with E-state index in [1.165, 1.54) is 4.90 Å². The van der Waals surface area contributed by atoms with Crippen LogP contribution >= 0.6 is 15.9 Å². The second kappa shape index (κ2) is 23.1. The maximum Gasteiger partial charge on any atom is 0.338 e. The molecule has 14 nitrogen and oxygen atoms in total. The number of carbonyl (C=O) groups excluding carboxylic acids is 5. The minimum Gasteiger partial charge on any atom is -0.481 e. The molecular formula is C39H53BrN6O8. The number of allylic oxidation sites excluding steroid dienone is 1. The average molecular weight is 814 g/mol. The SMILES string of the molecule is CCOC(=O)C1=C(C)N(CCCC(=O)N[C@@H](CCc2ccccc2)CC(=O)N[C@@H](CCCCN)CC(=O)NCCC(=O)O)C(=O)NC1c1ccc(Br)cc1. The third-order valence-corrected chi connectivity index (χ3v) is 9.50. The number of nitrogens with one attached hydrogen (secondary N) is 4. The highest BCUT2D eigenvalue weighted by Gasteiger charge is 2.36. The summed E-state index contributed by atoms with van der Waals surface area (Å²) in [6.07, 6.45) is 3.10. The number of aryl methyl sites for hydroxylation is 1. The largest absolute Gasteiger partial charge is 0.481 e. The molecule has 1 heterocycles. The van der Waals surface area contributed by atoms with Crippen molar-refractivity contribution in [1.82, 2.24) is 26.2 Å². The van der Waals surface area contributed by atoms with Crippen LogP contribution in [0.2, 0.25) is 0 Å². The fourth-order valence-corrected chi connectivity index (χ4v) is 6.48. The average Bonchev–Trinajstić information content (AvgIpc) is 3.12. The molecule has 1 aliphatic rings. The number of carboxylic acids is 1. The number of halogens is 1. The highest BCUT2D eigenvalue weighted by molar-refractivity contribution is 9.10. The van der Waals surface area contributed by atoms with E-state index in [1.54, 1.807) is 13.8 Å². The molecule has 3 rings (SSSR count). The second-order valence-electron chi connectivity index (χ2n) is 13.1. The van der Waals surface area contributed by atoms with Gasteiger partial charge in [0.2, 0.25) is 17.7 Å². The second-order valence-corrected chi connectivity index (χ2v) is 14.1. The lowest BCUT2D eigenvalue weighted by atomic mass is 9.95. The van der Waals surface area contributed by atoms with Gasteiger partial charge in [-0.15, -0.1) is 0 Å². The molecule has 294 valence electrons. The molecule has 0 aromatic heterocycles. The summed E-state index contributed by atoms with van der Waals surface area (Å²) in [7, 11) is 0. The summed E-state index contributed by atoms with van der Waals surface area (Å²) in [6.45, 7) is 4.19. The molecule has 3 atom stereocenters. The lowest BCUT2D eigenvalue weighted by Crippen LogP contribution is -2.48.